The number of para-hydroxylation sites is 3. The lowest BCUT2D eigenvalue weighted by molar-refractivity contribution is 0.102. The maximum atomic E-state index is 11.9. The molecule has 2 aromatic rings. The highest BCUT2D eigenvalue weighted by Crippen LogP contribution is 2.34. The Hall–Kier alpha value is -2.29. The number of hydrogen-bond acceptors (Lipinski definition) is 2. The standard InChI is InChI=1S/C13H9NO2.2C2H6/c15-13-9-5-1-3-7-11(9)16-12-8-4-2-6-10(12)14-13;2*1-2/h1-8H,(H,14,15);2*1-2H3. The molecule has 1 aliphatic heterocycles. The van der Waals surface area contributed by atoms with Gasteiger partial charge < -0.3 is 10.1 Å². The monoisotopic (exact) mass is 271 g/mol. The summed E-state index contributed by atoms with van der Waals surface area (Å²) >= 11 is 0. The van der Waals surface area contributed by atoms with Crippen LogP contribution >= 0.6 is 0 Å². The van der Waals surface area contributed by atoms with Gasteiger partial charge in [-0.25, -0.2) is 0 Å². The van der Waals surface area contributed by atoms with Gasteiger partial charge in [-0.3, -0.25) is 4.79 Å². The highest BCUT2D eigenvalue weighted by molar-refractivity contribution is 6.07. The predicted molar refractivity (Wildman–Crippen MR) is 83.6 cm³/mol. The Morgan fingerprint density at radius 2 is 1.35 bits per heavy atom. The van der Waals surface area contributed by atoms with E-state index in [0.29, 0.717) is 22.7 Å². The highest BCUT2D eigenvalue weighted by atomic mass is 16.5. The van der Waals surface area contributed by atoms with Crippen molar-refractivity contribution in [1.29, 1.82) is 0 Å². The van der Waals surface area contributed by atoms with Crippen molar-refractivity contribution in [2.45, 2.75) is 27.7 Å². The first kappa shape index (κ1) is 15.8. The van der Waals surface area contributed by atoms with E-state index in [1.54, 1.807) is 12.1 Å². The Morgan fingerprint density at radius 3 is 2.05 bits per heavy atom. The van der Waals surface area contributed by atoms with E-state index in [9.17, 15) is 4.79 Å². The summed E-state index contributed by atoms with van der Waals surface area (Å²) in [6.07, 6.45) is 0. The quantitative estimate of drug-likeness (QED) is 0.724. The van der Waals surface area contributed by atoms with Crippen molar-refractivity contribution >= 4 is 11.6 Å². The molecule has 0 saturated carbocycles. The van der Waals surface area contributed by atoms with Gasteiger partial charge in [0.15, 0.2) is 5.75 Å². The number of rotatable bonds is 0. The first-order valence-electron chi connectivity index (χ1n) is 7.02. The Balaban J connectivity index is 0.000000461. The molecule has 3 heteroatoms. The lowest BCUT2D eigenvalue weighted by Crippen LogP contribution is -2.09. The average molecular weight is 271 g/mol. The molecule has 0 spiro atoms. The molecule has 1 aliphatic rings. The number of anilines is 1. The normalized spacial score (nSPS) is 10.9. The number of carbonyl (C=O) groups excluding carboxylic acids is 1. The summed E-state index contributed by atoms with van der Waals surface area (Å²) in [6, 6.07) is 14.6. The summed E-state index contributed by atoms with van der Waals surface area (Å²) in [4.78, 5) is 11.9. The van der Waals surface area contributed by atoms with Gasteiger partial charge in [0.05, 0.1) is 11.3 Å². The molecule has 2 aromatic carbocycles. The smallest absolute Gasteiger partial charge is 0.259 e. The van der Waals surface area contributed by atoms with Gasteiger partial charge >= 0.3 is 0 Å². The molecule has 0 aromatic heterocycles. The van der Waals surface area contributed by atoms with Gasteiger partial charge in [-0.05, 0) is 24.3 Å². The molecule has 1 N–H and O–H groups in total. The summed E-state index contributed by atoms with van der Waals surface area (Å²) in [6.45, 7) is 8.00. The molecule has 0 atom stereocenters. The number of nitrogens with one attached hydrogen (secondary N) is 1. The third kappa shape index (κ3) is 3.38. The van der Waals surface area contributed by atoms with Crippen LogP contribution in [-0.4, -0.2) is 5.91 Å². The molecule has 0 fully saturated rings. The fourth-order valence-corrected chi connectivity index (χ4v) is 1.71. The van der Waals surface area contributed by atoms with Crippen molar-refractivity contribution < 1.29 is 9.53 Å². The second-order valence-corrected chi connectivity index (χ2v) is 3.55. The van der Waals surface area contributed by atoms with E-state index in [1.807, 2.05) is 64.1 Å². The zero-order chi connectivity index (χ0) is 15.0. The van der Waals surface area contributed by atoms with Crippen molar-refractivity contribution in [3.8, 4) is 11.5 Å². The van der Waals surface area contributed by atoms with Crippen LogP contribution in [0, 0.1) is 0 Å². The van der Waals surface area contributed by atoms with Gasteiger partial charge in [-0.15, -0.1) is 0 Å². The Bertz CT molecular complexity index is 564. The molecular weight excluding hydrogens is 250 g/mol. The van der Waals surface area contributed by atoms with E-state index in [4.69, 9.17) is 4.74 Å². The van der Waals surface area contributed by atoms with Crippen molar-refractivity contribution in [3.63, 3.8) is 0 Å². The zero-order valence-electron chi connectivity index (χ0n) is 12.4. The number of amides is 1. The number of hydrogen-bond donors (Lipinski definition) is 1. The fourth-order valence-electron chi connectivity index (χ4n) is 1.71. The second kappa shape index (κ2) is 8.00. The predicted octanol–water partition coefficient (Wildman–Crippen LogP) is 5.10. The van der Waals surface area contributed by atoms with E-state index in [0.717, 1.165) is 0 Å². The molecule has 3 rings (SSSR count). The highest BCUT2D eigenvalue weighted by Gasteiger charge is 2.19. The van der Waals surface area contributed by atoms with Crippen molar-refractivity contribution in [2.75, 3.05) is 5.32 Å². The summed E-state index contributed by atoms with van der Waals surface area (Å²) in [5.41, 5.74) is 1.25. The maximum absolute atomic E-state index is 11.9. The molecule has 1 amide bonds. The van der Waals surface area contributed by atoms with E-state index < -0.39 is 0 Å². The van der Waals surface area contributed by atoms with E-state index in [2.05, 4.69) is 5.32 Å². The third-order valence-electron chi connectivity index (χ3n) is 2.49. The van der Waals surface area contributed by atoms with Crippen LogP contribution in [0.2, 0.25) is 0 Å². The summed E-state index contributed by atoms with van der Waals surface area (Å²) < 4.78 is 5.69. The molecule has 0 aliphatic carbocycles. The van der Waals surface area contributed by atoms with Crippen molar-refractivity contribution in [3.05, 3.63) is 54.1 Å². The first-order chi connectivity index (χ1) is 9.84. The third-order valence-corrected chi connectivity index (χ3v) is 2.49. The minimum atomic E-state index is -0.138. The van der Waals surface area contributed by atoms with Crippen LogP contribution in [0.4, 0.5) is 5.69 Å². The van der Waals surface area contributed by atoms with E-state index in [1.165, 1.54) is 0 Å². The van der Waals surface area contributed by atoms with Crippen LogP contribution in [0.5, 0.6) is 11.5 Å². The van der Waals surface area contributed by atoms with Crippen LogP contribution in [0.3, 0.4) is 0 Å². The van der Waals surface area contributed by atoms with Gasteiger partial charge in [-0.1, -0.05) is 52.0 Å². The minimum Gasteiger partial charge on any atom is -0.454 e. The molecule has 0 bridgehead atoms. The first-order valence-corrected chi connectivity index (χ1v) is 7.02. The maximum Gasteiger partial charge on any atom is 0.259 e. The summed E-state index contributed by atoms with van der Waals surface area (Å²) in [5, 5.41) is 2.81. The lowest BCUT2D eigenvalue weighted by atomic mass is 10.2. The van der Waals surface area contributed by atoms with Gasteiger partial charge in [0, 0.05) is 0 Å². The van der Waals surface area contributed by atoms with Crippen LogP contribution in [0.1, 0.15) is 38.1 Å². The van der Waals surface area contributed by atoms with Gasteiger partial charge in [-0.2, -0.15) is 0 Å². The number of fused-ring (bicyclic) bond motifs is 2. The Labute approximate surface area is 120 Å². The molecule has 0 saturated heterocycles. The lowest BCUT2D eigenvalue weighted by Gasteiger charge is -2.06. The van der Waals surface area contributed by atoms with E-state index in [-0.39, 0.29) is 5.91 Å². The largest absolute Gasteiger partial charge is 0.454 e. The molecule has 106 valence electrons. The van der Waals surface area contributed by atoms with Crippen LogP contribution in [0.15, 0.2) is 48.5 Å². The van der Waals surface area contributed by atoms with Gasteiger partial charge in [0.1, 0.15) is 5.75 Å². The Kier molecular flexibility index (Phi) is 6.30. The molecule has 20 heavy (non-hydrogen) atoms. The minimum absolute atomic E-state index is 0.138. The fraction of sp³-hybridized carbons (Fsp3) is 0.235. The molecule has 0 radical (unpaired) electrons. The van der Waals surface area contributed by atoms with E-state index >= 15 is 0 Å². The van der Waals surface area contributed by atoms with Crippen LogP contribution < -0.4 is 10.1 Å². The molecular formula is C17H21NO2. The molecule has 0 unspecified atom stereocenters. The second-order valence-electron chi connectivity index (χ2n) is 3.55. The number of carbonyl (C=O) groups is 1. The van der Waals surface area contributed by atoms with Crippen LogP contribution in [0.25, 0.3) is 0 Å². The Morgan fingerprint density at radius 1 is 0.800 bits per heavy atom. The van der Waals surface area contributed by atoms with Gasteiger partial charge in [0.2, 0.25) is 0 Å². The van der Waals surface area contributed by atoms with Crippen molar-refractivity contribution in [1.82, 2.24) is 0 Å². The molecule has 1 heterocycles. The summed E-state index contributed by atoms with van der Waals surface area (Å²) in [7, 11) is 0. The zero-order valence-corrected chi connectivity index (χ0v) is 12.4. The molecule has 3 nitrogen and oxygen atoms in total. The van der Waals surface area contributed by atoms with Gasteiger partial charge in [0.25, 0.3) is 5.91 Å². The van der Waals surface area contributed by atoms with Crippen molar-refractivity contribution in [2.24, 2.45) is 0 Å². The number of ether oxygens (including phenoxy) is 1. The SMILES string of the molecule is CC.CC.O=C1Nc2ccccc2Oc2ccccc21. The number of benzene rings is 2. The topological polar surface area (TPSA) is 38.3 Å². The summed E-state index contributed by atoms with van der Waals surface area (Å²) in [5.74, 6) is 1.12. The average Bonchev–Trinajstić information content (AvgIpc) is 2.67. The van der Waals surface area contributed by atoms with Crippen LogP contribution in [-0.2, 0) is 0 Å².